The third-order valence-corrected chi connectivity index (χ3v) is 2.40. The Kier molecular flexibility index (Phi) is 4.81. The molecule has 1 aromatic rings. The Hall–Kier alpha value is -2.64. The second-order valence-electron chi connectivity index (χ2n) is 3.59. The molecule has 0 aromatic heterocycles. The van der Waals surface area contributed by atoms with Gasteiger partial charge in [0.25, 0.3) is 11.6 Å². The Morgan fingerprint density at radius 2 is 1.95 bits per heavy atom. The van der Waals surface area contributed by atoms with Crippen LogP contribution in [0.4, 0.5) is 11.4 Å². The highest BCUT2D eigenvalue weighted by molar-refractivity contribution is 5.95. The molecule has 1 aromatic carbocycles. The molecule has 0 radical (unpaired) electrons. The average Bonchev–Trinajstić information content (AvgIpc) is 2.43. The van der Waals surface area contributed by atoms with E-state index >= 15 is 0 Å². The van der Waals surface area contributed by atoms with Gasteiger partial charge in [-0.15, -0.1) is 0 Å². The summed E-state index contributed by atoms with van der Waals surface area (Å²) in [6.07, 6.45) is 0. The van der Waals surface area contributed by atoms with Crippen LogP contribution >= 0.6 is 0 Å². The molecule has 0 heterocycles. The van der Waals surface area contributed by atoms with E-state index in [2.05, 4.69) is 16.0 Å². The zero-order valence-corrected chi connectivity index (χ0v) is 10.5. The second-order valence-corrected chi connectivity index (χ2v) is 3.59. The van der Waals surface area contributed by atoms with Crippen molar-refractivity contribution in [2.75, 3.05) is 26.0 Å². The summed E-state index contributed by atoms with van der Waals surface area (Å²) in [4.78, 5) is 32.8. The van der Waals surface area contributed by atoms with E-state index in [1.807, 2.05) is 0 Å². The number of likely N-dealkylation sites (N-methyl/N-ethyl adjacent to an activating group) is 1. The molecular formula is C11H14N4O4. The molecule has 0 aliphatic rings. The number of nitro benzene ring substituents is 1. The van der Waals surface area contributed by atoms with Gasteiger partial charge >= 0.3 is 0 Å². The first-order chi connectivity index (χ1) is 8.99. The van der Waals surface area contributed by atoms with E-state index in [-0.39, 0.29) is 29.4 Å². The lowest BCUT2D eigenvalue weighted by atomic mass is 10.1. The number of nitrogens with one attached hydrogen (secondary N) is 3. The summed E-state index contributed by atoms with van der Waals surface area (Å²) in [6, 6.07) is 3.99. The van der Waals surface area contributed by atoms with Gasteiger partial charge < -0.3 is 16.0 Å². The number of amides is 2. The monoisotopic (exact) mass is 266 g/mol. The Morgan fingerprint density at radius 1 is 1.26 bits per heavy atom. The van der Waals surface area contributed by atoms with Crippen LogP contribution < -0.4 is 16.0 Å². The van der Waals surface area contributed by atoms with Crippen LogP contribution in [-0.2, 0) is 4.79 Å². The summed E-state index contributed by atoms with van der Waals surface area (Å²) in [6.45, 7) is -0.0866. The van der Waals surface area contributed by atoms with E-state index in [0.717, 1.165) is 6.07 Å². The fourth-order valence-electron chi connectivity index (χ4n) is 1.38. The van der Waals surface area contributed by atoms with Crippen molar-refractivity contribution in [3.63, 3.8) is 0 Å². The van der Waals surface area contributed by atoms with Crippen molar-refractivity contribution in [3.05, 3.63) is 33.9 Å². The maximum Gasteiger partial charge on any atom is 0.293 e. The molecule has 19 heavy (non-hydrogen) atoms. The first-order valence-electron chi connectivity index (χ1n) is 5.44. The van der Waals surface area contributed by atoms with Gasteiger partial charge in [0.1, 0.15) is 5.69 Å². The van der Waals surface area contributed by atoms with E-state index in [1.165, 1.54) is 26.2 Å². The Morgan fingerprint density at radius 3 is 2.47 bits per heavy atom. The molecule has 0 saturated carbocycles. The van der Waals surface area contributed by atoms with Crippen molar-refractivity contribution in [3.8, 4) is 0 Å². The van der Waals surface area contributed by atoms with Gasteiger partial charge in [0.15, 0.2) is 0 Å². The summed E-state index contributed by atoms with van der Waals surface area (Å²) in [5.74, 6) is -0.717. The molecule has 0 saturated heterocycles. The third-order valence-electron chi connectivity index (χ3n) is 2.40. The lowest BCUT2D eigenvalue weighted by molar-refractivity contribution is -0.384. The van der Waals surface area contributed by atoms with E-state index < -0.39 is 10.8 Å². The summed E-state index contributed by atoms with van der Waals surface area (Å²) < 4.78 is 0. The maximum absolute atomic E-state index is 11.4. The molecule has 3 N–H and O–H groups in total. The number of benzene rings is 1. The quantitative estimate of drug-likeness (QED) is 0.517. The molecule has 0 bridgehead atoms. The molecular weight excluding hydrogens is 252 g/mol. The molecule has 0 unspecified atom stereocenters. The lowest BCUT2D eigenvalue weighted by Gasteiger charge is -2.07. The number of rotatable bonds is 5. The summed E-state index contributed by atoms with van der Waals surface area (Å²) in [5.41, 5.74) is 0.103. The molecule has 0 aliphatic carbocycles. The second kappa shape index (κ2) is 6.34. The fourth-order valence-corrected chi connectivity index (χ4v) is 1.38. The van der Waals surface area contributed by atoms with Crippen molar-refractivity contribution in [1.29, 1.82) is 0 Å². The molecule has 0 spiro atoms. The zero-order valence-electron chi connectivity index (χ0n) is 10.5. The first kappa shape index (κ1) is 14.4. The first-order valence-corrected chi connectivity index (χ1v) is 5.44. The van der Waals surface area contributed by atoms with E-state index in [9.17, 15) is 19.7 Å². The highest BCUT2D eigenvalue weighted by Crippen LogP contribution is 2.25. The molecule has 0 fully saturated rings. The largest absolute Gasteiger partial charge is 0.371 e. The predicted molar refractivity (Wildman–Crippen MR) is 69.0 cm³/mol. The standard InChI is InChI=1S/C11H14N4O4/c1-12-10(16)6-14-8-4-3-7(11(17)13-2)5-9(8)15(18)19/h3-5,14H,6H2,1-2H3,(H,12,16)(H,13,17). The van der Waals surface area contributed by atoms with Crippen molar-refractivity contribution in [2.45, 2.75) is 0 Å². The number of anilines is 1. The van der Waals surface area contributed by atoms with Gasteiger partial charge in [0.2, 0.25) is 5.91 Å². The number of hydrogen-bond acceptors (Lipinski definition) is 5. The number of hydrogen-bond donors (Lipinski definition) is 3. The molecule has 0 aliphatic heterocycles. The molecule has 8 heteroatoms. The van der Waals surface area contributed by atoms with Gasteiger partial charge in [-0.05, 0) is 12.1 Å². The average molecular weight is 266 g/mol. The summed E-state index contributed by atoms with van der Waals surface area (Å²) >= 11 is 0. The minimum atomic E-state index is -0.612. The lowest BCUT2D eigenvalue weighted by Crippen LogP contribution is -2.26. The zero-order chi connectivity index (χ0) is 14.4. The van der Waals surface area contributed by atoms with Crippen molar-refractivity contribution in [1.82, 2.24) is 10.6 Å². The van der Waals surface area contributed by atoms with Crippen molar-refractivity contribution in [2.24, 2.45) is 0 Å². The van der Waals surface area contributed by atoms with Gasteiger partial charge in [-0.3, -0.25) is 19.7 Å². The number of carbonyl (C=O) groups excluding carboxylic acids is 2. The minimum absolute atomic E-state index is 0.0866. The molecule has 8 nitrogen and oxygen atoms in total. The van der Waals surface area contributed by atoms with E-state index in [4.69, 9.17) is 0 Å². The number of carbonyl (C=O) groups is 2. The normalized spacial score (nSPS) is 9.58. The Balaban J connectivity index is 3.01. The van der Waals surface area contributed by atoms with Gasteiger partial charge in [-0.25, -0.2) is 0 Å². The maximum atomic E-state index is 11.4. The van der Waals surface area contributed by atoms with Crippen molar-refractivity contribution >= 4 is 23.2 Å². The van der Waals surface area contributed by atoms with Gasteiger partial charge in [0.05, 0.1) is 11.5 Å². The third kappa shape index (κ3) is 3.66. The number of nitrogens with zero attached hydrogens (tertiary/aromatic N) is 1. The molecule has 102 valence electrons. The smallest absolute Gasteiger partial charge is 0.293 e. The molecule has 1 rings (SSSR count). The van der Waals surface area contributed by atoms with Crippen LogP contribution in [-0.4, -0.2) is 37.4 Å². The van der Waals surface area contributed by atoms with Gasteiger partial charge in [0, 0.05) is 25.7 Å². The van der Waals surface area contributed by atoms with Crippen LogP contribution in [0.5, 0.6) is 0 Å². The van der Waals surface area contributed by atoms with E-state index in [0.29, 0.717) is 0 Å². The SMILES string of the molecule is CNC(=O)CNc1ccc(C(=O)NC)cc1[N+](=O)[O-]. The van der Waals surface area contributed by atoms with Gasteiger partial charge in [-0.2, -0.15) is 0 Å². The molecule has 2 amide bonds. The highest BCUT2D eigenvalue weighted by atomic mass is 16.6. The fraction of sp³-hybridized carbons (Fsp3) is 0.273. The van der Waals surface area contributed by atoms with E-state index in [1.54, 1.807) is 0 Å². The predicted octanol–water partition coefficient (Wildman–Crippen LogP) is 0.112. The van der Waals surface area contributed by atoms with Crippen LogP contribution in [0.25, 0.3) is 0 Å². The van der Waals surface area contributed by atoms with Crippen molar-refractivity contribution < 1.29 is 14.5 Å². The highest BCUT2D eigenvalue weighted by Gasteiger charge is 2.17. The van der Waals surface area contributed by atoms with Crippen LogP contribution in [0.1, 0.15) is 10.4 Å². The van der Waals surface area contributed by atoms with Crippen LogP contribution in [0.15, 0.2) is 18.2 Å². The Bertz CT molecular complexity index is 515. The van der Waals surface area contributed by atoms with Crippen LogP contribution in [0.2, 0.25) is 0 Å². The minimum Gasteiger partial charge on any atom is -0.371 e. The molecule has 0 atom stereocenters. The van der Waals surface area contributed by atoms with Crippen LogP contribution in [0, 0.1) is 10.1 Å². The summed E-state index contributed by atoms with van der Waals surface area (Å²) in [7, 11) is 2.90. The Labute approximate surface area is 109 Å². The summed E-state index contributed by atoms with van der Waals surface area (Å²) in [5, 5.41) is 18.3. The van der Waals surface area contributed by atoms with Crippen LogP contribution in [0.3, 0.4) is 0 Å². The van der Waals surface area contributed by atoms with Gasteiger partial charge in [-0.1, -0.05) is 0 Å². The number of nitro groups is 1. The topological polar surface area (TPSA) is 113 Å².